The summed E-state index contributed by atoms with van der Waals surface area (Å²) in [6.45, 7) is 1.41. The predicted octanol–water partition coefficient (Wildman–Crippen LogP) is 2.27. The van der Waals surface area contributed by atoms with Gasteiger partial charge in [-0.15, -0.1) is 6.58 Å². The third-order valence-electron chi connectivity index (χ3n) is 6.49. The zero-order valence-electron chi connectivity index (χ0n) is 20.9. The zero-order valence-corrected chi connectivity index (χ0v) is 20.9. The summed E-state index contributed by atoms with van der Waals surface area (Å²) in [6, 6.07) is 1.31. The molecule has 1 aromatic carbocycles. The number of carbonyl (C=O) groups excluding carboxylic acids is 3. The molecule has 0 fully saturated rings. The van der Waals surface area contributed by atoms with Gasteiger partial charge in [-0.1, -0.05) is 6.08 Å². The van der Waals surface area contributed by atoms with Gasteiger partial charge in [0, 0.05) is 29.7 Å². The van der Waals surface area contributed by atoms with Gasteiger partial charge < -0.3 is 29.9 Å². The molecule has 12 heteroatoms. The summed E-state index contributed by atoms with van der Waals surface area (Å²) in [6.07, 6.45) is -3.07. The number of alkyl halides is 3. The molecule has 0 bridgehead atoms. The Morgan fingerprint density at radius 2 is 2.03 bits per heavy atom. The summed E-state index contributed by atoms with van der Waals surface area (Å²) in [4.78, 5) is 38.2. The van der Waals surface area contributed by atoms with Gasteiger partial charge in [0.25, 0.3) is 0 Å². The van der Waals surface area contributed by atoms with Crippen molar-refractivity contribution < 1.29 is 47.2 Å². The molecule has 0 aromatic heterocycles. The molecule has 0 radical (unpaired) electrons. The minimum Gasteiger partial charge on any atom is -0.493 e. The third-order valence-corrected chi connectivity index (χ3v) is 6.49. The second-order valence-corrected chi connectivity index (χ2v) is 9.07. The van der Waals surface area contributed by atoms with Crippen LogP contribution < -0.4 is 14.8 Å². The normalized spacial score (nSPS) is 21.9. The van der Waals surface area contributed by atoms with Crippen molar-refractivity contribution in [2.45, 2.75) is 56.0 Å². The number of aliphatic hydroxyl groups excluding tert-OH is 2. The number of benzene rings is 1. The Bertz CT molecular complexity index is 1090. The second kappa shape index (κ2) is 12.4. The lowest BCUT2D eigenvalue weighted by Crippen LogP contribution is -2.57. The van der Waals surface area contributed by atoms with Crippen LogP contribution in [0.3, 0.4) is 0 Å². The van der Waals surface area contributed by atoms with Crippen LogP contribution in [0.1, 0.15) is 47.5 Å². The Hall–Kier alpha value is -3.38. The molecule has 9 nitrogen and oxygen atoms in total. The van der Waals surface area contributed by atoms with Crippen molar-refractivity contribution in [1.82, 2.24) is 10.2 Å². The van der Waals surface area contributed by atoms with Crippen molar-refractivity contribution in [2.75, 3.05) is 26.8 Å². The number of halogens is 3. The largest absolute Gasteiger partial charge is 0.493 e. The van der Waals surface area contributed by atoms with Crippen molar-refractivity contribution in [1.29, 1.82) is 0 Å². The van der Waals surface area contributed by atoms with Gasteiger partial charge in [-0.3, -0.25) is 14.4 Å². The van der Waals surface area contributed by atoms with E-state index in [1.807, 2.05) is 0 Å². The lowest BCUT2D eigenvalue weighted by atomic mass is 9.77. The molecule has 0 spiro atoms. The van der Waals surface area contributed by atoms with E-state index in [0.29, 0.717) is 36.0 Å². The summed E-state index contributed by atoms with van der Waals surface area (Å²) in [7, 11) is 1.33. The van der Waals surface area contributed by atoms with Crippen molar-refractivity contribution >= 4 is 18.1 Å². The molecule has 1 aliphatic heterocycles. The van der Waals surface area contributed by atoms with E-state index in [9.17, 15) is 32.7 Å². The minimum absolute atomic E-state index is 0.0609. The summed E-state index contributed by atoms with van der Waals surface area (Å²) in [5, 5.41) is 22.9. The monoisotopic (exact) mass is 540 g/mol. The third kappa shape index (κ3) is 6.36. The van der Waals surface area contributed by atoms with Crippen molar-refractivity contribution in [3.8, 4) is 11.5 Å². The Kier molecular flexibility index (Phi) is 9.55. The number of amides is 2. The van der Waals surface area contributed by atoms with Crippen molar-refractivity contribution in [3.63, 3.8) is 0 Å². The minimum atomic E-state index is -4.78. The molecule has 3 N–H and O–H groups in total. The molecule has 4 atom stereocenters. The SMILES string of the molecule is C=CCCCCC(=O)N(CC(F)(F)F)[C@@H]1C=C(C(=O)NCCO)[C@@H]2c3cc(C=O)cc(OC)c3O[C@@H]2[C@H]1O. The number of nitrogens with one attached hydrogen (secondary N) is 1. The highest BCUT2D eigenvalue weighted by Crippen LogP contribution is 2.51. The van der Waals surface area contributed by atoms with Gasteiger partial charge in [0.2, 0.25) is 11.8 Å². The van der Waals surface area contributed by atoms with Gasteiger partial charge in [-0.2, -0.15) is 13.2 Å². The highest BCUT2D eigenvalue weighted by molar-refractivity contribution is 5.96. The number of ether oxygens (including phenoxy) is 2. The number of carbonyl (C=O) groups is 3. The van der Waals surface area contributed by atoms with Crippen molar-refractivity contribution in [2.24, 2.45) is 0 Å². The van der Waals surface area contributed by atoms with Gasteiger partial charge in [0.15, 0.2) is 11.5 Å². The van der Waals surface area contributed by atoms with Crippen LogP contribution in [0, 0.1) is 0 Å². The van der Waals surface area contributed by atoms with E-state index < -0.39 is 55.3 Å². The van der Waals surface area contributed by atoms with Crippen LogP contribution in [0.5, 0.6) is 11.5 Å². The van der Waals surface area contributed by atoms with Gasteiger partial charge in [0.1, 0.15) is 25.0 Å². The molecular formula is C26H31F3N2O7. The quantitative estimate of drug-likeness (QED) is 0.211. The molecule has 2 aliphatic rings. The summed E-state index contributed by atoms with van der Waals surface area (Å²) >= 11 is 0. The van der Waals surface area contributed by atoms with E-state index in [1.165, 1.54) is 19.2 Å². The van der Waals surface area contributed by atoms with E-state index >= 15 is 0 Å². The number of hydrogen-bond donors (Lipinski definition) is 3. The fourth-order valence-corrected chi connectivity index (χ4v) is 4.82. The average Bonchev–Trinajstić information content (AvgIpc) is 3.27. The fraction of sp³-hybridized carbons (Fsp3) is 0.500. The molecule has 1 heterocycles. The molecule has 0 saturated heterocycles. The number of nitrogens with zero attached hydrogens (tertiary/aromatic N) is 1. The van der Waals surface area contributed by atoms with Crippen LogP contribution in [0.25, 0.3) is 0 Å². The molecule has 0 saturated carbocycles. The number of hydrogen-bond acceptors (Lipinski definition) is 7. The summed E-state index contributed by atoms with van der Waals surface area (Å²) in [5.41, 5.74) is 0.469. The highest BCUT2D eigenvalue weighted by atomic mass is 19.4. The lowest BCUT2D eigenvalue weighted by molar-refractivity contribution is -0.170. The first-order chi connectivity index (χ1) is 18.1. The Morgan fingerprint density at radius 3 is 2.63 bits per heavy atom. The number of allylic oxidation sites excluding steroid dienone is 1. The van der Waals surface area contributed by atoms with E-state index in [-0.39, 0.29) is 35.6 Å². The first-order valence-corrected chi connectivity index (χ1v) is 12.2. The predicted molar refractivity (Wildman–Crippen MR) is 130 cm³/mol. The lowest BCUT2D eigenvalue weighted by Gasteiger charge is -2.41. The van der Waals surface area contributed by atoms with Gasteiger partial charge in [-0.25, -0.2) is 0 Å². The number of aldehydes is 1. The first kappa shape index (κ1) is 29.2. The molecule has 0 unspecified atom stereocenters. The average molecular weight is 541 g/mol. The molecule has 2 amide bonds. The van der Waals surface area contributed by atoms with Crippen LogP contribution in [0.15, 0.2) is 36.4 Å². The van der Waals surface area contributed by atoms with Crippen LogP contribution in [-0.4, -0.2) is 84.4 Å². The van der Waals surface area contributed by atoms with Crippen LogP contribution >= 0.6 is 0 Å². The van der Waals surface area contributed by atoms with E-state index in [1.54, 1.807) is 6.08 Å². The number of methoxy groups -OCH3 is 1. The zero-order chi connectivity index (χ0) is 28.0. The smallest absolute Gasteiger partial charge is 0.406 e. The standard InChI is InChI=1S/C26H31F3N2O7/c1-3-4-5-6-7-20(34)31(14-26(27,28)29)18-12-17(25(36)30-8-9-32)21-16-10-15(13-33)11-19(37-2)23(16)38-24(21)22(18)35/h3,10-13,18,21-22,24,32,35H,1,4-9,14H2,2H3,(H,30,36)/t18-,21+,22+,24+/m1/s1. The Balaban J connectivity index is 2.08. The molecule has 38 heavy (non-hydrogen) atoms. The maximum atomic E-state index is 13.6. The van der Waals surface area contributed by atoms with E-state index in [0.717, 1.165) is 6.08 Å². The van der Waals surface area contributed by atoms with Crippen LogP contribution in [0.4, 0.5) is 13.2 Å². The first-order valence-electron chi connectivity index (χ1n) is 12.2. The maximum absolute atomic E-state index is 13.6. The number of rotatable bonds is 12. The highest BCUT2D eigenvalue weighted by Gasteiger charge is 2.52. The van der Waals surface area contributed by atoms with Crippen molar-refractivity contribution in [3.05, 3.63) is 47.6 Å². The number of fused-ring (bicyclic) bond motifs is 3. The van der Waals surface area contributed by atoms with E-state index in [4.69, 9.17) is 14.6 Å². The van der Waals surface area contributed by atoms with Crippen LogP contribution in [-0.2, 0) is 9.59 Å². The fourth-order valence-electron chi connectivity index (χ4n) is 4.82. The van der Waals surface area contributed by atoms with Gasteiger partial charge in [0.05, 0.1) is 25.7 Å². The summed E-state index contributed by atoms with van der Waals surface area (Å²) in [5.74, 6) is -2.26. The van der Waals surface area contributed by atoms with E-state index in [2.05, 4.69) is 11.9 Å². The number of aliphatic hydroxyl groups is 2. The van der Waals surface area contributed by atoms with Crippen LogP contribution in [0.2, 0.25) is 0 Å². The van der Waals surface area contributed by atoms with Gasteiger partial charge >= 0.3 is 6.18 Å². The topological polar surface area (TPSA) is 125 Å². The molecular weight excluding hydrogens is 509 g/mol. The Morgan fingerprint density at radius 1 is 1.29 bits per heavy atom. The summed E-state index contributed by atoms with van der Waals surface area (Å²) < 4.78 is 52.0. The molecule has 1 aromatic rings. The Labute approximate surface area is 217 Å². The maximum Gasteiger partial charge on any atom is 0.406 e. The molecule has 1 aliphatic carbocycles. The molecule has 208 valence electrons. The second-order valence-electron chi connectivity index (χ2n) is 9.07. The number of unbranched alkanes of at least 4 members (excludes halogenated alkanes) is 2. The molecule has 3 rings (SSSR count). The van der Waals surface area contributed by atoms with Gasteiger partial charge in [-0.05, 0) is 37.5 Å².